The van der Waals surface area contributed by atoms with E-state index < -0.39 is 47.4 Å². The molecule has 1 aliphatic heterocycles. The monoisotopic (exact) mass is 549 g/mol. The highest BCUT2D eigenvalue weighted by Gasteiger charge is 2.66. The Kier molecular flexibility index (Phi) is 11.4. The number of ether oxygens (including phenoxy) is 1. The molecule has 1 heterocycles. The Labute approximate surface area is 234 Å². The zero-order valence-electron chi connectivity index (χ0n) is 24.4. The van der Waals surface area contributed by atoms with Gasteiger partial charge in [0, 0.05) is 13.1 Å². The zero-order valence-corrected chi connectivity index (χ0v) is 24.4. The molecule has 222 valence electrons. The molecule has 0 aromatic heterocycles. The quantitative estimate of drug-likeness (QED) is 0.261. The lowest BCUT2D eigenvalue weighted by Gasteiger charge is -2.33. The molecule has 9 heteroatoms. The summed E-state index contributed by atoms with van der Waals surface area (Å²) in [6.07, 6.45) is 6.31. The molecule has 0 radical (unpaired) electrons. The highest BCUT2D eigenvalue weighted by Crippen LogP contribution is 2.59. The first kappa shape index (κ1) is 31.6. The van der Waals surface area contributed by atoms with E-state index in [9.17, 15) is 24.6 Å². The summed E-state index contributed by atoms with van der Waals surface area (Å²) in [6, 6.07) is -1.50. The molecular formula is C30H51N3O6. The highest BCUT2D eigenvalue weighted by atomic mass is 16.5. The van der Waals surface area contributed by atoms with Crippen molar-refractivity contribution in [1.29, 1.82) is 0 Å². The molecule has 0 unspecified atom stereocenters. The topological polar surface area (TPSA) is 128 Å². The Morgan fingerprint density at radius 2 is 1.69 bits per heavy atom. The van der Waals surface area contributed by atoms with Gasteiger partial charge in [-0.25, -0.2) is 0 Å². The molecule has 4 N–H and O–H groups in total. The molecule has 39 heavy (non-hydrogen) atoms. The maximum absolute atomic E-state index is 13.5. The van der Waals surface area contributed by atoms with Gasteiger partial charge in [0.05, 0.1) is 37.2 Å². The Hall–Kier alpha value is -1.97. The molecule has 9 nitrogen and oxygen atoms in total. The maximum Gasteiger partial charge on any atom is 0.243 e. The van der Waals surface area contributed by atoms with Crippen LogP contribution in [0.25, 0.3) is 0 Å². The lowest BCUT2D eigenvalue weighted by atomic mass is 9.82. The van der Waals surface area contributed by atoms with Crippen LogP contribution in [0.4, 0.5) is 0 Å². The lowest BCUT2D eigenvalue weighted by molar-refractivity contribution is -0.138. The van der Waals surface area contributed by atoms with E-state index in [2.05, 4.69) is 17.2 Å². The van der Waals surface area contributed by atoms with Crippen molar-refractivity contribution in [2.24, 2.45) is 29.1 Å². The normalized spacial score (nSPS) is 26.3. The summed E-state index contributed by atoms with van der Waals surface area (Å²) in [6.45, 7) is 13.6. The largest absolute Gasteiger partial charge is 0.390 e. The zero-order chi connectivity index (χ0) is 28.7. The number of nitrogens with zero attached hydrogens (tertiary/aromatic N) is 1. The van der Waals surface area contributed by atoms with Crippen LogP contribution in [0.3, 0.4) is 0 Å². The summed E-state index contributed by atoms with van der Waals surface area (Å²) in [5, 5.41) is 27.6. The molecular weight excluding hydrogens is 498 g/mol. The number of aliphatic hydroxyl groups excluding tert-OH is 2. The first-order valence-corrected chi connectivity index (χ1v) is 14.9. The minimum Gasteiger partial charge on any atom is -0.390 e. The number of nitrogens with one attached hydrogen (secondary N) is 2. The van der Waals surface area contributed by atoms with E-state index in [4.69, 9.17) is 4.74 Å². The van der Waals surface area contributed by atoms with Crippen LogP contribution in [-0.2, 0) is 19.1 Å². The van der Waals surface area contributed by atoms with Crippen molar-refractivity contribution in [1.82, 2.24) is 15.5 Å². The average molecular weight is 550 g/mol. The Balaban J connectivity index is 1.67. The number of amides is 3. The van der Waals surface area contributed by atoms with Crippen molar-refractivity contribution < 1.29 is 29.3 Å². The number of carbonyl (C=O) groups is 3. The van der Waals surface area contributed by atoms with Gasteiger partial charge in [0.1, 0.15) is 12.1 Å². The van der Waals surface area contributed by atoms with Gasteiger partial charge in [-0.2, -0.15) is 0 Å². The fourth-order valence-electron chi connectivity index (χ4n) is 6.47. The second-order valence-corrected chi connectivity index (χ2v) is 12.8. The van der Waals surface area contributed by atoms with Gasteiger partial charge >= 0.3 is 0 Å². The third kappa shape index (κ3) is 8.27. The number of carbonyl (C=O) groups excluding carboxylic acids is 3. The van der Waals surface area contributed by atoms with Crippen LogP contribution in [0.5, 0.6) is 0 Å². The Bertz CT molecular complexity index is 850. The molecule has 3 amide bonds. The number of hydrogen-bond donors (Lipinski definition) is 4. The van der Waals surface area contributed by atoms with Crippen LogP contribution in [0, 0.1) is 29.1 Å². The standard InChI is InChI=1S/C30H51N3O6/c1-6-10-21(31-28(37)24-25(30(24,4)5)29(38)33-13-15-39-16-14-33)27(36)32-22(18-20-11-8-7-9-12-20)26(35)23(34)17-19(2)3/h6,19-26,34-35H,1,7-18H2,2-5H3,(H,31,37)(H,32,36)/t21-,22-,23-,24+,25+,26+/m0/s1. The van der Waals surface area contributed by atoms with Crippen LogP contribution in [0.15, 0.2) is 12.7 Å². The van der Waals surface area contributed by atoms with E-state index in [-0.39, 0.29) is 24.2 Å². The predicted octanol–water partition coefficient (Wildman–Crippen LogP) is 2.40. The van der Waals surface area contributed by atoms with Gasteiger partial charge in [-0.05, 0) is 36.5 Å². The molecule has 6 atom stereocenters. The smallest absolute Gasteiger partial charge is 0.243 e. The number of morpholine rings is 1. The van der Waals surface area contributed by atoms with E-state index in [1.165, 1.54) is 6.42 Å². The summed E-state index contributed by atoms with van der Waals surface area (Å²) in [5.41, 5.74) is -0.505. The third-order valence-electron chi connectivity index (χ3n) is 8.89. The minimum absolute atomic E-state index is 0.0389. The Morgan fingerprint density at radius 3 is 2.28 bits per heavy atom. The summed E-state index contributed by atoms with van der Waals surface area (Å²) in [5.74, 6) is -1.16. The summed E-state index contributed by atoms with van der Waals surface area (Å²) in [7, 11) is 0. The fraction of sp³-hybridized carbons (Fsp3) is 0.833. The van der Waals surface area contributed by atoms with Crippen molar-refractivity contribution in [3.05, 3.63) is 12.7 Å². The third-order valence-corrected chi connectivity index (χ3v) is 8.89. The highest BCUT2D eigenvalue weighted by molar-refractivity contribution is 5.96. The lowest BCUT2D eigenvalue weighted by Crippen LogP contribution is -2.55. The van der Waals surface area contributed by atoms with Crippen molar-refractivity contribution in [3.63, 3.8) is 0 Å². The van der Waals surface area contributed by atoms with Crippen LogP contribution in [0.2, 0.25) is 0 Å². The molecule has 2 saturated carbocycles. The van der Waals surface area contributed by atoms with Crippen LogP contribution < -0.4 is 10.6 Å². The minimum atomic E-state index is -1.10. The van der Waals surface area contributed by atoms with Crippen molar-refractivity contribution in [3.8, 4) is 0 Å². The van der Waals surface area contributed by atoms with E-state index in [1.807, 2.05) is 27.7 Å². The summed E-state index contributed by atoms with van der Waals surface area (Å²) < 4.78 is 5.35. The molecule has 3 rings (SSSR count). The van der Waals surface area contributed by atoms with Crippen LogP contribution in [-0.4, -0.2) is 83.4 Å². The van der Waals surface area contributed by atoms with Gasteiger partial charge in [0.2, 0.25) is 17.7 Å². The molecule has 0 bridgehead atoms. The number of hydrogen-bond acceptors (Lipinski definition) is 6. The van der Waals surface area contributed by atoms with Gasteiger partial charge < -0.3 is 30.5 Å². The van der Waals surface area contributed by atoms with Crippen LogP contribution in [0.1, 0.15) is 79.1 Å². The van der Waals surface area contributed by atoms with E-state index in [1.54, 1.807) is 11.0 Å². The first-order chi connectivity index (χ1) is 18.5. The van der Waals surface area contributed by atoms with Gasteiger partial charge in [0.15, 0.2) is 0 Å². The van der Waals surface area contributed by atoms with Gasteiger partial charge in [-0.1, -0.05) is 65.9 Å². The average Bonchev–Trinajstić information content (AvgIpc) is 3.49. The van der Waals surface area contributed by atoms with Crippen molar-refractivity contribution in [2.45, 2.75) is 103 Å². The Morgan fingerprint density at radius 1 is 1.05 bits per heavy atom. The number of rotatable bonds is 13. The van der Waals surface area contributed by atoms with Crippen LogP contribution >= 0.6 is 0 Å². The van der Waals surface area contributed by atoms with Gasteiger partial charge in [-0.15, -0.1) is 6.58 Å². The summed E-state index contributed by atoms with van der Waals surface area (Å²) >= 11 is 0. The molecule has 2 aliphatic carbocycles. The predicted molar refractivity (Wildman–Crippen MR) is 149 cm³/mol. The SMILES string of the molecule is C=CC[C@H](NC(=O)[C@H]1[C@H](C(=O)N2CCOCC2)C1(C)C)C(=O)N[C@@H](CC1CCCCC1)[C@@H](O)[C@@H](O)CC(C)C. The molecule has 3 fully saturated rings. The molecule has 0 aromatic rings. The van der Waals surface area contributed by atoms with E-state index in [0.29, 0.717) is 45.1 Å². The summed E-state index contributed by atoms with van der Waals surface area (Å²) in [4.78, 5) is 41.7. The number of aliphatic hydroxyl groups is 2. The molecule has 3 aliphatic rings. The van der Waals surface area contributed by atoms with E-state index in [0.717, 1.165) is 25.7 Å². The van der Waals surface area contributed by atoms with Crippen molar-refractivity contribution >= 4 is 17.7 Å². The second kappa shape index (κ2) is 14.1. The maximum atomic E-state index is 13.5. The van der Waals surface area contributed by atoms with Gasteiger partial charge in [0.25, 0.3) is 0 Å². The molecule has 1 saturated heterocycles. The first-order valence-electron chi connectivity index (χ1n) is 14.9. The second-order valence-electron chi connectivity index (χ2n) is 12.8. The fourth-order valence-corrected chi connectivity index (χ4v) is 6.47. The van der Waals surface area contributed by atoms with Crippen molar-refractivity contribution in [2.75, 3.05) is 26.3 Å². The molecule has 0 spiro atoms. The van der Waals surface area contributed by atoms with Gasteiger partial charge in [-0.3, -0.25) is 14.4 Å². The molecule has 0 aromatic carbocycles. The van der Waals surface area contributed by atoms with E-state index >= 15 is 0 Å².